The molecule has 1 aliphatic carbocycles. The van der Waals surface area contributed by atoms with Gasteiger partial charge in [0, 0.05) is 24.4 Å². The first kappa shape index (κ1) is 16.9. The van der Waals surface area contributed by atoms with E-state index in [0.29, 0.717) is 23.4 Å². The Balaban J connectivity index is 1.47. The standard InChI is InChI=1S/C17H18N8O2/c1-10-8-14(24(2)21-10)19-17(27)16(26)18-12-5-3-4-11(9-12)15-20-22-23-25(15)13-6-7-13/h3-5,8-9,13H,6-7H2,1-2H3,(H,18,26)(H,19,27). The molecule has 10 nitrogen and oxygen atoms in total. The molecular formula is C17H18N8O2. The second-order valence-electron chi connectivity index (χ2n) is 6.46. The number of rotatable bonds is 4. The summed E-state index contributed by atoms with van der Waals surface area (Å²) in [5.74, 6) is -0.451. The van der Waals surface area contributed by atoms with Crippen LogP contribution in [0.1, 0.15) is 24.6 Å². The maximum Gasteiger partial charge on any atom is 0.315 e. The van der Waals surface area contributed by atoms with Crippen LogP contribution in [0.2, 0.25) is 0 Å². The summed E-state index contributed by atoms with van der Waals surface area (Å²) in [6.07, 6.45) is 2.12. The highest BCUT2D eigenvalue weighted by Gasteiger charge is 2.28. The lowest BCUT2D eigenvalue weighted by Crippen LogP contribution is -2.29. The zero-order chi connectivity index (χ0) is 19.0. The Bertz CT molecular complexity index is 1020. The van der Waals surface area contributed by atoms with E-state index >= 15 is 0 Å². The lowest BCUT2D eigenvalue weighted by molar-refractivity contribution is -0.133. The highest BCUT2D eigenvalue weighted by molar-refractivity contribution is 6.43. The van der Waals surface area contributed by atoms with E-state index in [9.17, 15) is 9.59 Å². The predicted octanol–water partition coefficient (Wildman–Crippen LogP) is 1.29. The van der Waals surface area contributed by atoms with Crippen LogP contribution in [0, 0.1) is 6.92 Å². The molecule has 27 heavy (non-hydrogen) atoms. The summed E-state index contributed by atoms with van der Waals surface area (Å²) in [6, 6.07) is 9.10. The molecule has 2 heterocycles. The van der Waals surface area contributed by atoms with Crippen molar-refractivity contribution in [1.29, 1.82) is 0 Å². The summed E-state index contributed by atoms with van der Waals surface area (Å²) in [4.78, 5) is 24.4. The molecule has 1 saturated carbocycles. The molecule has 0 aliphatic heterocycles. The number of tetrazole rings is 1. The Morgan fingerprint density at radius 3 is 2.63 bits per heavy atom. The number of aromatic nitrogens is 6. The van der Waals surface area contributed by atoms with Gasteiger partial charge in [-0.1, -0.05) is 12.1 Å². The zero-order valence-electron chi connectivity index (χ0n) is 14.9. The molecule has 2 N–H and O–H groups in total. The molecule has 4 rings (SSSR count). The fourth-order valence-electron chi connectivity index (χ4n) is 2.77. The Hall–Kier alpha value is -3.56. The predicted molar refractivity (Wildman–Crippen MR) is 96.7 cm³/mol. The van der Waals surface area contributed by atoms with Crippen molar-refractivity contribution in [1.82, 2.24) is 30.0 Å². The molecule has 138 valence electrons. The highest BCUT2D eigenvalue weighted by atomic mass is 16.2. The Morgan fingerprint density at radius 2 is 1.93 bits per heavy atom. The van der Waals surface area contributed by atoms with Gasteiger partial charge in [-0.15, -0.1) is 5.10 Å². The highest BCUT2D eigenvalue weighted by Crippen LogP contribution is 2.36. The smallest absolute Gasteiger partial charge is 0.315 e. The van der Waals surface area contributed by atoms with Gasteiger partial charge < -0.3 is 10.6 Å². The van der Waals surface area contributed by atoms with Crippen LogP contribution < -0.4 is 10.6 Å². The van der Waals surface area contributed by atoms with Crippen molar-refractivity contribution in [2.24, 2.45) is 7.05 Å². The molecule has 3 aromatic rings. The average Bonchev–Trinajstić information content (AvgIpc) is 3.28. The maximum absolute atomic E-state index is 12.2. The number of nitrogens with zero attached hydrogens (tertiary/aromatic N) is 6. The van der Waals surface area contributed by atoms with Crippen molar-refractivity contribution in [3.05, 3.63) is 36.0 Å². The first-order chi connectivity index (χ1) is 13.0. The van der Waals surface area contributed by atoms with E-state index in [0.717, 1.165) is 24.1 Å². The number of aryl methyl sites for hydroxylation is 2. The first-order valence-corrected chi connectivity index (χ1v) is 8.52. The average molecular weight is 366 g/mol. The van der Waals surface area contributed by atoms with Gasteiger partial charge in [0.2, 0.25) is 0 Å². The summed E-state index contributed by atoms with van der Waals surface area (Å²) >= 11 is 0. The minimum absolute atomic E-state index is 0.335. The largest absolute Gasteiger partial charge is 0.318 e. The lowest BCUT2D eigenvalue weighted by Gasteiger charge is -2.08. The molecular weight excluding hydrogens is 348 g/mol. The molecule has 1 aliphatic rings. The van der Waals surface area contributed by atoms with Crippen molar-refractivity contribution in [2.75, 3.05) is 10.6 Å². The third-order valence-electron chi connectivity index (χ3n) is 4.21. The van der Waals surface area contributed by atoms with Crippen LogP contribution in [-0.4, -0.2) is 41.8 Å². The zero-order valence-corrected chi connectivity index (χ0v) is 14.9. The molecule has 1 fully saturated rings. The summed E-state index contributed by atoms with van der Waals surface area (Å²) in [5.41, 5.74) is 2.00. The van der Waals surface area contributed by atoms with Crippen LogP contribution in [-0.2, 0) is 16.6 Å². The molecule has 2 amide bonds. The number of hydrogen-bond acceptors (Lipinski definition) is 6. The minimum Gasteiger partial charge on any atom is -0.318 e. The molecule has 0 saturated heterocycles. The number of anilines is 2. The molecule has 0 spiro atoms. The maximum atomic E-state index is 12.2. The fraction of sp³-hybridized carbons (Fsp3) is 0.294. The van der Waals surface area contributed by atoms with Crippen LogP contribution in [0.5, 0.6) is 0 Å². The Morgan fingerprint density at radius 1 is 1.15 bits per heavy atom. The van der Waals surface area contributed by atoms with Crippen LogP contribution in [0.15, 0.2) is 30.3 Å². The summed E-state index contributed by atoms with van der Waals surface area (Å²) in [5, 5.41) is 21.1. The molecule has 2 aromatic heterocycles. The van der Waals surface area contributed by atoms with Gasteiger partial charge in [-0.3, -0.25) is 14.3 Å². The van der Waals surface area contributed by atoms with Crippen molar-refractivity contribution in [3.8, 4) is 11.4 Å². The summed E-state index contributed by atoms with van der Waals surface area (Å²) in [7, 11) is 1.69. The van der Waals surface area contributed by atoms with Gasteiger partial charge in [-0.05, 0) is 42.3 Å². The monoisotopic (exact) mass is 366 g/mol. The van der Waals surface area contributed by atoms with Crippen LogP contribution >= 0.6 is 0 Å². The van der Waals surface area contributed by atoms with Gasteiger partial charge >= 0.3 is 11.8 Å². The fourth-order valence-corrected chi connectivity index (χ4v) is 2.77. The van der Waals surface area contributed by atoms with E-state index in [1.165, 1.54) is 4.68 Å². The Kier molecular flexibility index (Phi) is 4.15. The third-order valence-corrected chi connectivity index (χ3v) is 4.21. The number of nitrogens with one attached hydrogen (secondary N) is 2. The van der Waals surface area contributed by atoms with Crippen molar-refractivity contribution >= 4 is 23.3 Å². The van der Waals surface area contributed by atoms with E-state index in [-0.39, 0.29) is 0 Å². The number of carbonyl (C=O) groups is 2. The lowest BCUT2D eigenvalue weighted by atomic mass is 10.2. The van der Waals surface area contributed by atoms with Crippen molar-refractivity contribution < 1.29 is 9.59 Å². The van der Waals surface area contributed by atoms with E-state index < -0.39 is 11.8 Å². The Labute approximate surface area is 154 Å². The van der Waals surface area contributed by atoms with Gasteiger partial charge in [0.1, 0.15) is 5.82 Å². The quantitative estimate of drug-likeness (QED) is 0.672. The van der Waals surface area contributed by atoms with Gasteiger partial charge in [0.05, 0.1) is 11.7 Å². The van der Waals surface area contributed by atoms with E-state index in [4.69, 9.17) is 0 Å². The molecule has 0 unspecified atom stereocenters. The topological polar surface area (TPSA) is 120 Å². The molecule has 0 radical (unpaired) electrons. The molecule has 0 bridgehead atoms. The van der Waals surface area contributed by atoms with E-state index in [2.05, 4.69) is 31.3 Å². The SMILES string of the molecule is Cc1cc(NC(=O)C(=O)Nc2cccc(-c3nnnn3C3CC3)c2)n(C)n1. The summed E-state index contributed by atoms with van der Waals surface area (Å²) in [6.45, 7) is 1.80. The van der Waals surface area contributed by atoms with Crippen LogP contribution in [0.3, 0.4) is 0 Å². The van der Waals surface area contributed by atoms with Gasteiger partial charge in [0.25, 0.3) is 0 Å². The second kappa shape index (κ2) is 6.63. The first-order valence-electron chi connectivity index (χ1n) is 8.52. The molecule has 10 heteroatoms. The number of benzene rings is 1. The van der Waals surface area contributed by atoms with E-state index in [1.807, 2.05) is 6.07 Å². The van der Waals surface area contributed by atoms with Crippen LogP contribution in [0.4, 0.5) is 11.5 Å². The number of amides is 2. The van der Waals surface area contributed by atoms with Crippen molar-refractivity contribution in [2.45, 2.75) is 25.8 Å². The third kappa shape index (κ3) is 3.54. The van der Waals surface area contributed by atoms with Gasteiger partial charge in [0.15, 0.2) is 5.82 Å². The number of carbonyl (C=O) groups excluding carboxylic acids is 2. The summed E-state index contributed by atoms with van der Waals surface area (Å²) < 4.78 is 3.29. The van der Waals surface area contributed by atoms with Gasteiger partial charge in [-0.25, -0.2) is 4.68 Å². The van der Waals surface area contributed by atoms with Crippen molar-refractivity contribution in [3.63, 3.8) is 0 Å². The normalized spacial score (nSPS) is 13.4. The van der Waals surface area contributed by atoms with Crippen LogP contribution in [0.25, 0.3) is 11.4 Å². The second-order valence-corrected chi connectivity index (χ2v) is 6.46. The number of hydrogen-bond donors (Lipinski definition) is 2. The molecule has 1 aromatic carbocycles. The van der Waals surface area contributed by atoms with E-state index in [1.54, 1.807) is 42.9 Å². The minimum atomic E-state index is -0.772. The molecule has 0 atom stereocenters. The van der Waals surface area contributed by atoms with Gasteiger partial charge in [-0.2, -0.15) is 5.10 Å².